The van der Waals surface area contributed by atoms with Crippen molar-refractivity contribution in [3.63, 3.8) is 0 Å². The van der Waals surface area contributed by atoms with E-state index in [4.69, 9.17) is 16.3 Å². The summed E-state index contributed by atoms with van der Waals surface area (Å²) in [5.41, 5.74) is 2.04. The second-order valence-corrected chi connectivity index (χ2v) is 6.47. The van der Waals surface area contributed by atoms with E-state index in [9.17, 15) is 4.79 Å². The van der Waals surface area contributed by atoms with Crippen molar-refractivity contribution in [1.29, 1.82) is 0 Å². The predicted molar refractivity (Wildman–Crippen MR) is 104 cm³/mol. The maximum absolute atomic E-state index is 11.9. The number of hydrogen-bond donors (Lipinski definition) is 1. The van der Waals surface area contributed by atoms with Crippen molar-refractivity contribution in [2.24, 2.45) is 0 Å². The molecule has 0 aromatic heterocycles. The summed E-state index contributed by atoms with van der Waals surface area (Å²) in [6.07, 6.45) is 5.17. The first kappa shape index (κ1) is 19.1. The molecule has 4 heteroatoms. The fraction of sp³-hybridized carbons (Fsp3) is 0.286. The monoisotopic (exact) mass is 357 g/mol. The van der Waals surface area contributed by atoms with E-state index in [1.807, 2.05) is 44.2 Å². The number of rotatable bonds is 8. The molecule has 0 spiro atoms. The van der Waals surface area contributed by atoms with Crippen LogP contribution in [0, 0.1) is 0 Å². The molecule has 3 nitrogen and oxygen atoms in total. The normalized spacial score (nSPS) is 11.0. The molecule has 0 radical (unpaired) electrons. The van der Waals surface area contributed by atoms with Gasteiger partial charge >= 0.3 is 0 Å². The minimum atomic E-state index is -0.114. The zero-order valence-corrected chi connectivity index (χ0v) is 15.4. The largest absolute Gasteiger partial charge is 0.491 e. The molecule has 2 aromatic rings. The summed E-state index contributed by atoms with van der Waals surface area (Å²) >= 11 is 6.05. The van der Waals surface area contributed by atoms with E-state index in [0.29, 0.717) is 11.6 Å². The highest BCUT2D eigenvalue weighted by Crippen LogP contribution is 2.17. The van der Waals surface area contributed by atoms with Crippen molar-refractivity contribution in [3.8, 4) is 5.75 Å². The Hall–Kier alpha value is -2.26. The topological polar surface area (TPSA) is 38.3 Å². The maximum atomic E-state index is 11.9. The molecule has 25 heavy (non-hydrogen) atoms. The minimum absolute atomic E-state index is 0.114. The van der Waals surface area contributed by atoms with Crippen LogP contribution < -0.4 is 10.1 Å². The summed E-state index contributed by atoms with van der Waals surface area (Å²) in [4.78, 5) is 11.9. The lowest BCUT2D eigenvalue weighted by Crippen LogP contribution is -2.22. The molecule has 1 amide bonds. The Morgan fingerprint density at radius 3 is 2.76 bits per heavy atom. The van der Waals surface area contributed by atoms with Crippen molar-refractivity contribution in [1.82, 2.24) is 5.32 Å². The second kappa shape index (κ2) is 9.90. The average Bonchev–Trinajstić information content (AvgIpc) is 2.58. The van der Waals surface area contributed by atoms with E-state index in [2.05, 4.69) is 17.4 Å². The van der Waals surface area contributed by atoms with Crippen LogP contribution in [0.5, 0.6) is 5.75 Å². The number of carbonyl (C=O) groups excluding carboxylic acids is 1. The Balaban J connectivity index is 1.74. The van der Waals surface area contributed by atoms with E-state index in [-0.39, 0.29) is 12.0 Å². The lowest BCUT2D eigenvalue weighted by molar-refractivity contribution is -0.116. The van der Waals surface area contributed by atoms with Crippen molar-refractivity contribution in [3.05, 3.63) is 70.8 Å². The first-order valence-corrected chi connectivity index (χ1v) is 8.88. The fourth-order valence-electron chi connectivity index (χ4n) is 2.39. The Morgan fingerprint density at radius 1 is 1.20 bits per heavy atom. The van der Waals surface area contributed by atoms with Crippen LogP contribution in [0.4, 0.5) is 0 Å². The van der Waals surface area contributed by atoms with Gasteiger partial charge < -0.3 is 10.1 Å². The third-order valence-electron chi connectivity index (χ3n) is 3.53. The molecule has 0 saturated heterocycles. The van der Waals surface area contributed by atoms with E-state index >= 15 is 0 Å². The summed E-state index contributed by atoms with van der Waals surface area (Å²) in [6, 6.07) is 15.5. The summed E-state index contributed by atoms with van der Waals surface area (Å²) in [7, 11) is 0. The zero-order chi connectivity index (χ0) is 18.1. The van der Waals surface area contributed by atoms with Gasteiger partial charge in [0.1, 0.15) is 5.75 Å². The fourth-order valence-corrected chi connectivity index (χ4v) is 2.58. The molecule has 0 fully saturated rings. The van der Waals surface area contributed by atoms with Gasteiger partial charge in [0.05, 0.1) is 6.10 Å². The van der Waals surface area contributed by atoms with Crippen molar-refractivity contribution < 1.29 is 9.53 Å². The first-order valence-electron chi connectivity index (χ1n) is 8.50. The lowest BCUT2D eigenvalue weighted by Gasteiger charge is -2.11. The Labute approximate surface area is 154 Å². The van der Waals surface area contributed by atoms with Crippen molar-refractivity contribution in [2.75, 3.05) is 6.54 Å². The predicted octanol–water partition coefficient (Wildman–Crippen LogP) is 4.89. The van der Waals surface area contributed by atoms with Gasteiger partial charge in [0.25, 0.3) is 0 Å². The van der Waals surface area contributed by atoms with Gasteiger partial charge in [0.2, 0.25) is 5.91 Å². The molecule has 2 rings (SSSR count). The van der Waals surface area contributed by atoms with Crippen molar-refractivity contribution in [2.45, 2.75) is 32.8 Å². The average molecular weight is 358 g/mol. The number of aryl methyl sites for hydroxylation is 1. The van der Waals surface area contributed by atoms with Crippen LogP contribution in [0.2, 0.25) is 5.02 Å². The number of hydrogen-bond acceptors (Lipinski definition) is 2. The third-order valence-corrected chi connectivity index (χ3v) is 3.88. The van der Waals surface area contributed by atoms with Gasteiger partial charge in [0, 0.05) is 17.6 Å². The van der Waals surface area contributed by atoms with Gasteiger partial charge in [-0.05, 0) is 62.1 Å². The number of carbonyl (C=O) groups is 1. The SMILES string of the molecule is CC(C)Oc1cccc(CCCNC(=O)/C=C/c2ccccc2Cl)c1. The molecule has 1 N–H and O–H groups in total. The van der Waals surface area contributed by atoms with E-state index in [1.165, 1.54) is 11.6 Å². The van der Waals surface area contributed by atoms with Crippen LogP contribution in [0.15, 0.2) is 54.6 Å². The van der Waals surface area contributed by atoms with Crippen LogP contribution >= 0.6 is 11.6 Å². The van der Waals surface area contributed by atoms with Crippen LogP contribution in [-0.2, 0) is 11.2 Å². The number of ether oxygens (including phenoxy) is 1. The zero-order valence-electron chi connectivity index (χ0n) is 14.7. The molecule has 0 saturated carbocycles. The lowest BCUT2D eigenvalue weighted by atomic mass is 10.1. The van der Waals surface area contributed by atoms with Crippen LogP contribution in [0.25, 0.3) is 6.08 Å². The highest BCUT2D eigenvalue weighted by atomic mass is 35.5. The molecule has 0 unspecified atom stereocenters. The third kappa shape index (κ3) is 7.02. The summed E-state index contributed by atoms with van der Waals surface area (Å²) in [6.45, 7) is 4.65. The number of nitrogens with one attached hydrogen (secondary N) is 1. The first-order chi connectivity index (χ1) is 12.0. The molecule has 0 bridgehead atoms. The number of halogens is 1. The molecule has 0 heterocycles. The van der Waals surface area contributed by atoms with Crippen LogP contribution in [0.3, 0.4) is 0 Å². The molecule has 0 aliphatic rings. The Kier molecular flexibility index (Phi) is 7.55. The highest BCUT2D eigenvalue weighted by Gasteiger charge is 2.01. The van der Waals surface area contributed by atoms with E-state index < -0.39 is 0 Å². The maximum Gasteiger partial charge on any atom is 0.244 e. The summed E-state index contributed by atoms with van der Waals surface area (Å²) in [5.74, 6) is 0.774. The Morgan fingerprint density at radius 2 is 2.00 bits per heavy atom. The van der Waals surface area contributed by atoms with Gasteiger partial charge in [0.15, 0.2) is 0 Å². The van der Waals surface area contributed by atoms with Gasteiger partial charge in [-0.1, -0.05) is 41.9 Å². The quantitative estimate of drug-likeness (QED) is 0.539. The molecule has 0 aliphatic heterocycles. The minimum Gasteiger partial charge on any atom is -0.491 e. The number of amides is 1. The second-order valence-electron chi connectivity index (χ2n) is 6.06. The molecule has 132 valence electrons. The van der Waals surface area contributed by atoms with E-state index in [1.54, 1.807) is 12.1 Å². The summed E-state index contributed by atoms with van der Waals surface area (Å²) < 4.78 is 5.69. The van der Waals surface area contributed by atoms with Crippen LogP contribution in [0.1, 0.15) is 31.4 Å². The van der Waals surface area contributed by atoms with Crippen LogP contribution in [-0.4, -0.2) is 18.6 Å². The van der Waals surface area contributed by atoms with Gasteiger partial charge in [-0.3, -0.25) is 4.79 Å². The summed E-state index contributed by atoms with van der Waals surface area (Å²) in [5, 5.41) is 3.52. The number of benzene rings is 2. The molecular formula is C21H24ClNO2. The molecular weight excluding hydrogens is 334 g/mol. The standard InChI is InChI=1S/C21H24ClNO2/c1-16(2)25-19-10-5-7-17(15-19)8-6-14-23-21(24)13-12-18-9-3-4-11-20(18)22/h3-5,7,9-13,15-16H,6,8,14H2,1-2H3,(H,23,24)/b13-12+. The van der Waals surface area contributed by atoms with Gasteiger partial charge in [-0.25, -0.2) is 0 Å². The Bertz CT molecular complexity index is 725. The van der Waals surface area contributed by atoms with Gasteiger partial charge in [-0.2, -0.15) is 0 Å². The van der Waals surface area contributed by atoms with Gasteiger partial charge in [-0.15, -0.1) is 0 Å². The molecule has 0 aliphatic carbocycles. The van der Waals surface area contributed by atoms with Crippen molar-refractivity contribution >= 4 is 23.6 Å². The smallest absolute Gasteiger partial charge is 0.244 e. The molecule has 2 aromatic carbocycles. The molecule has 0 atom stereocenters. The highest BCUT2D eigenvalue weighted by molar-refractivity contribution is 6.32. The van der Waals surface area contributed by atoms with E-state index in [0.717, 1.165) is 24.2 Å².